The smallest absolute Gasteiger partial charge is 0.344 e. The van der Waals surface area contributed by atoms with Gasteiger partial charge in [0.05, 0.1) is 20.4 Å². The molecule has 0 bridgehead atoms. The number of ether oxygens (including phenoxy) is 4. The molecule has 1 aliphatic heterocycles. The minimum atomic E-state index is -0.695. The van der Waals surface area contributed by atoms with Gasteiger partial charge in [-0.25, -0.2) is 9.78 Å². The SMILES string of the molecule is COc1cc2c(cc1OC)CN(C(=O)COC(=O)c1cccnc1Oc1cccnc1)CC2. The zero-order chi connectivity index (χ0) is 23.2. The number of pyridine rings is 2. The molecule has 1 aliphatic rings. The number of benzene rings is 1. The molecule has 0 saturated heterocycles. The van der Waals surface area contributed by atoms with Crippen molar-refractivity contribution in [1.29, 1.82) is 0 Å². The van der Waals surface area contributed by atoms with Gasteiger partial charge in [-0.15, -0.1) is 0 Å². The van der Waals surface area contributed by atoms with E-state index >= 15 is 0 Å². The van der Waals surface area contributed by atoms with Crippen LogP contribution in [0.1, 0.15) is 21.5 Å². The fourth-order valence-electron chi connectivity index (χ4n) is 3.54. The number of carbonyl (C=O) groups excluding carboxylic acids is 2. The van der Waals surface area contributed by atoms with Crippen LogP contribution >= 0.6 is 0 Å². The summed E-state index contributed by atoms with van der Waals surface area (Å²) in [7, 11) is 3.16. The van der Waals surface area contributed by atoms with E-state index in [1.54, 1.807) is 43.5 Å². The van der Waals surface area contributed by atoms with Crippen molar-refractivity contribution in [3.8, 4) is 23.1 Å². The molecular formula is C24H23N3O6. The second-order valence-electron chi connectivity index (χ2n) is 7.26. The standard InChI is InChI=1S/C24H23N3O6/c1-30-20-11-16-7-10-27(14-17(16)12-21(20)31-2)22(28)15-32-24(29)19-6-4-9-26-23(19)33-18-5-3-8-25-13-18/h3-6,8-9,11-13H,7,10,14-15H2,1-2H3. The van der Waals surface area contributed by atoms with Gasteiger partial charge in [0.15, 0.2) is 18.1 Å². The zero-order valence-electron chi connectivity index (χ0n) is 18.3. The van der Waals surface area contributed by atoms with Crippen LogP contribution in [0.5, 0.6) is 23.1 Å². The Kier molecular flexibility index (Phi) is 6.68. The normalized spacial score (nSPS) is 12.5. The number of fused-ring (bicyclic) bond motifs is 1. The number of hydrogen-bond donors (Lipinski definition) is 0. The van der Waals surface area contributed by atoms with E-state index in [-0.39, 0.29) is 24.0 Å². The Morgan fingerprint density at radius 3 is 2.52 bits per heavy atom. The van der Waals surface area contributed by atoms with E-state index in [4.69, 9.17) is 18.9 Å². The molecule has 0 atom stereocenters. The first-order valence-electron chi connectivity index (χ1n) is 10.3. The predicted molar refractivity (Wildman–Crippen MR) is 117 cm³/mol. The number of hydrogen-bond acceptors (Lipinski definition) is 8. The van der Waals surface area contributed by atoms with Gasteiger partial charge in [-0.3, -0.25) is 9.78 Å². The molecule has 4 rings (SSSR count). The summed E-state index contributed by atoms with van der Waals surface area (Å²) in [5.74, 6) is 0.790. The summed E-state index contributed by atoms with van der Waals surface area (Å²) in [5, 5.41) is 0. The zero-order valence-corrected chi connectivity index (χ0v) is 18.3. The molecule has 33 heavy (non-hydrogen) atoms. The van der Waals surface area contributed by atoms with Crippen LogP contribution in [-0.4, -0.2) is 54.1 Å². The van der Waals surface area contributed by atoms with Gasteiger partial charge in [-0.2, -0.15) is 0 Å². The number of carbonyl (C=O) groups is 2. The van der Waals surface area contributed by atoms with Crippen LogP contribution in [0.25, 0.3) is 0 Å². The molecular weight excluding hydrogens is 426 g/mol. The number of aromatic nitrogens is 2. The number of methoxy groups -OCH3 is 2. The molecule has 0 aliphatic carbocycles. The Labute approximate surface area is 190 Å². The van der Waals surface area contributed by atoms with Crippen LogP contribution in [-0.2, 0) is 22.5 Å². The van der Waals surface area contributed by atoms with E-state index in [9.17, 15) is 9.59 Å². The lowest BCUT2D eigenvalue weighted by Crippen LogP contribution is -2.38. The number of esters is 1. The second kappa shape index (κ2) is 9.99. The number of rotatable bonds is 7. The summed E-state index contributed by atoms with van der Waals surface area (Å²) in [6, 6.07) is 10.3. The van der Waals surface area contributed by atoms with Crippen molar-refractivity contribution in [3.63, 3.8) is 0 Å². The van der Waals surface area contributed by atoms with Gasteiger partial charge in [0.1, 0.15) is 11.3 Å². The van der Waals surface area contributed by atoms with Crippen LogP contribution in [0.4, 0.5) is 0 Å². The molecule has 0 unspecified atom stereocenters. The summed E-state index contributed by atoms with van der Waals surface area (Å²) in [4.78, 5) is 35.1. The quantitative estimate of drug-likeness (QED) is 0.508. The fourth-order valence-corrected chi connectivity index (χ4v) is 3.54. The number of amides is 1. The van der Waals surface area contributed by atoms with Crippen LogP contribution in [0.15, 0.2) is 55.0 Å². The van der Waals surface area contributed by atoms with Crippen molar-refractivity contribution < 1.29 is 28.5 Å². The van der Waals surface area contributed by atoms with E-state index in [1.807, 2.05) is 12.1 Å². The maximum atomic E-state index is 12.7. The van der Waals surface area contributed by atoms with Gasteiger partial charge in [0.25, 0.3) is 5.91 Å². The Morgan fingerprint density at radius 2 is 1.79 bits per heavy atom. The maximum Gasteiger partial charge on any atom is 0.344 e. The summed E-state index contributed by atoms with van der Waals surface area (Å²) < 4.78 is 21.6. The van der Waals surface area contributed by atoms with Crippen molar-refractivity contribution in [2.24, 2.45) is 0 Å². The molecule has 0 fully saturated rings. The average molecular weight is 449 g/mol. The Hall–Kier alpha value is -4.14. The van der Waals surface area contributed by atoms with E-state index in [1.165, 1.54) is 18.5 Å². The average Bonchev–Trinajstić information content (AvgIpc) is 2.86. The molecule has 3 heterocycles. The molecule has 9 nitrogen and oxygen atoms in total. The molecule has 1 aromatic carbocycles. The highest BCUT2D eigenvalue weighted by atomic mass is 16.5. The monoisotopic (exact) mass is 449 g/mol. The van der Waals surface area contributed by atoms with Crippen molar-refractivity contribution in [3.05, 3.63) is 71.7 Å². The number of nitrogens with zero attached hydrogens (tertiary/aromatic N) is 3. The van der Waals surface area contributed by atoms with Crippen LogP contribution in [0, 0.1) is 0 Å². The lowest BCUT2D eigenvalue weighted by molar-refractivity contribution is -0.135. The first kappa shape index (κ1) is 22.1. The fraction of sp³-hybridized carbons (Fsp3) is 0.250. The molecule has 0 saturated carbocycles. The molecule has 170 valence electrons. The first-order chi connectivity index (χ1) is 16.1. The molecule has 0 spiro atoms. The molecule has 0 radical (unpaired) electrons. The topological polar surface area (TPSA) is 100 Å². The van der Waals surface area contributed by atoms with E-state index in [0.717, 1.165) is 11.1 Å². The summed E-state index contributed by atoms with van der Waals surface area (Å²) in [6.45, 7) is 0.526. The van der Waals surface area contributed by atoms with Crippen molar-refractivity contribution in [1.82, 2.24) is 14.9 Å². The van der Waals surface area contributed by atoms with Gasteiger partial charge in [-0.1, -0.05) is 0 Å². The molecule has 2 aromatic heterocycles. The van der Waals surface area contributed by atoms with Gasteiger partial charge in [0, 0.05) is 25.5 Å². The highest BCUT2D eigenvalue weighted by molar-refractivity contribution is 5.93. The van der Waals surface area contributed by atoms with Gasteiger partial charge in [0.2, 0.25) is 5.88 Å². The summed E-state index contributed by atoms with van der Waals surface area (Å²) in [6.07, 6.45) is 5.28. The van der Waals surface area contributed by atoms with Gasteiger partial charge >= 0.3 is 5.97 Å². The highest BCUT2D eigenvalue weighted by Gasteiger charge is 2.24. The Morgan fingerprint density at radius 1 is 1.03 bits per heavy atom. The van der Waals surface area contributed by atoms with Crippen molar-refractivity contribution in [2.45, 2.75) is 13.0 Å². The second-order valence-corrected chi connectivity index (χ2v) is 7.26. The van der Waals surface area contributed by atoms with E-state index in [0.29, 0.717) is 36.8 Å². The third-order valence-corrected chi connectivity index (χ3v) is 5.24. The highest BCUT2D eigenvalue weighted by Crippen LogP contribution is 2.33. The predicted octanol–water partition coefficient (Wildman–Crippen LogP) is 3.03. The van der Waals surface area contributed by atoms with E-state index in [2.05, 4.69) is 9.97 Å². The molecule has 3 aromatic rings. The Balaban J connectivity index is 1.39. The summed E-state index contributed by atoms with van der Waals surface area (Å²) >= 11 is 0. The lowest BCUT2D eigenvalue weighted by Gasteiger charge is -2.29. The van der Waals surface area contributed by atoms with Gasteiger partial charge in [-0.05, 0) is 53.9 Å². The van der Waals surface area contributed by atoms with Crippen LogP contribution in [0.3, 0.4) is 0 Å². The van der Waals surface area contributed by atoms with Crippen LogP contribution < -0.4 is 14.2 Å². The van der Waals surface area contributed by atoms with Crippen molar-refractivity contribution in [2.75, 3.05) is 27.4 Å². The summed E-state index contributed by atoms with van der Waals surface area (Å²) in [5.41, 5.74) is 2.19. The minimum absolute atomic E-state index is 0.0795. The van der Waals surface area contributed by atoms with Gasteiger partial charge < -0.3 is 23.8 Å². The minimum Gasteiger partial charge on any atom is -0.493 e. The third kappa shape index (κ3) is 5.03. The van der Waals surface area contributed by atoms with Crippen molar-refractivity contribution >= 4 is 11.9 Å². The van der Waals surface area contributed by atoms with E-state index < -0.39 is 5.97 Å². The molecule has 0 N–H and O–H groups in total. The molecule has 1 amide bonds. The molecule has 9 heteroatoms. The largest absolute Gasteiger partial charge is 0.493 e. The maximum absolute atomic E-state index is 12.7. The van der Waals surface area contributed by atoms with Crippen LogP contribution in [0.2, 0.25) is 0 Å². The first-order valence-corrected chi connectivity index (χ1v) is 10.3. The lowest BCUT2D eigenvalue weighted by atomic mass is 9.99. The Bertz CT molecular complexity index is 1150. The third-order valence-electron chi connectivity index (χ3n) is 5.24.